The van der Waals surface area contributed by atoms with Crippen molar-refractivity contribution < 1.29 is 18.7 Å². The van der Waals surface area contributed by atoms with Gasteiger partial charge in [0, 0.05) is 26.2 Å². The highest BCUT2D eigenvalue weighted by atomic mass is 16.5. The van der Waals surface area contributed by atoms with Gasteiger partial charge in [0.25, 0.3) is 5.91 Å². The maximum absolute atomic E-state index is 13.4. The number of benzene rings is 2. The van der Waals surface area contributed by atoms with Crippen molar-refractivity contribution in [1.29, 1.82) is 0 Å². The molecule has 1 amide bonds. The number of fused-ring (bicyclic) bond motifs is 2. The number of nitrogens with zero attached hydrogens (tertiary/aromatic N) is 2. The van der Waals surface area contributed by atoms with E-state index < -0.39 is 6.04 Å². The first-order valence-electron chi connectivity index (χ1n) is 10.5. The van der Waals surface area contributed by atoms with E-state index >= 15 is 0 Å². The third-order valence-corrected chi connectivity index (χ3v) is 6.07. The van der Waals surface area contributed by atoms with Gasteiger partial charge in [-0.1, -0.05) is 24.3 Å². The minimum atomic E-state index is -0.490. The molecule has 0 N–H and O–H groups in total. The summed E-state index contributed by atoms with van der Waals surface area (Å²) in [5.74, 6) is 0.622. The van der Waals surface area contributed by atoms with Crippen molar-refractivity contribution in [1.82, 2.24) is 9.80 Å². The van der Waals surface area contributed by atoms with Crippen molar-refractivity contribution in [2.45, 2.75) is 6.04 Å². The van der Waals surface area contributed by atoms with E-state index in [9.17, 15) is 9.59 Å². The van der Waals surface area contributed by atoms with E-state index in [4.69, 9.17) is 13.9 Å². The first-order chi connectivity index (χ1) is 15.2. The van der Waals surface area contributed by atoms with E-state index in [0.717, 1.165) is 24.4 Å². The number of carbonyl (C=O) groups excluding carboxylic acids is 1. The van der Waals surface area contributed by atoms with Crippen LogP contribution in [0.1, 0.15) is 27.7 Å². The highest BCUT2D eigenvalue weighted by Crippen LogP contribution is 2.38. The molecule has 7 nitrogen and oxygen atoms in total. The van der Waals surface area contributed by atoms with Gasteiger partial charge in [0.2, 0.25) is 5.76 Å². The monoisotopic (exact) mass is 420 g/mol. The lowest BCUT2D eigenvalue weighted by atomic mass is 9.98. The van der Waals surface area contributed by atoms with Crippen LogP contribution in [0.15, 0.2) is 57.7 Å². The topological polar surface area (TPSA) is 72.2 Å². The molecule has 31 heavy (non-hydrogen) atoms. The molecule has 0 spiro atoms. The van der Waals surface area contributed by atoms with Crippen LogP contribution in [0.5, 0.6) is 5.75 Å². The van der Waals surface area contributed by atoms with Crippen molar-refractivity contribution in [3.63, 3.8) is 0 Å². The zero-order valence-electron chi connectivity index (χ0n) is 17.4. The molecule has 0 unspecified atom stereocenters. The predicted molar refractivity (Wildman–Crippen MR) is 116 cm³/mol. The van der Waals surface area contributed by atoms with Gasteiger partial charge in [-0.15, -0.1) is 0 Å². The van der Waals surface area contributed by atoms with Crippen molar-refractivity contribution >= 4 is 16.9 Å². The summed E-state index contributed by atoms with van der Waals surface area (Å²) in [5, 5.41) is 0.489. The van der Waals surface area contributed by atoms with Gasteiger partial charge in [-0.25, -0.2) is 0 Å². The number of ether oxygens (including phenoxy) is 2. The van der Waals surface area contributed by atoms with Gasteiger partial charge >= 0.3 is 0 Å². The van der Waals surface area contributed by atoms with E-state index in [-0.39, 0.29) is 17.1 Å². The first-order valence-corrected chi connectivity index (χ1v) is 10.5. The number of rotatable bonds is 5. The van der Waals surface area contributed by atoms with Crippen LogP contribution in [0.3, 0.4) is 0 Å². The van der Waals surface area contributed by atoms with Gasteiger partial charge in [-0.2, -0.15) is 0 Å². The lowest BCUT2D eigenvalue weighted by Crippen LogP contribution is -2.42. The van der Waals surface area contributed by atoms with Crippen LogP contribution in [0.2, 0.25) is 0 Å². The lowest BCUT2D eigenvalue weighted by molar-refractivity contribution is 0.0314. The summed E-state index contributed by atoms with van der Waals surface area (Å²) in [4.78, 5) is 30.9. The average Bonchev–Trinajstić information content (AvgIpc) is 3.10. The van der Waals surface area contributed by atoms with Crippen molar-refractivity contribution in [3.8, 4) is 5.75 Å². The van der Waals surface area contributed by atoms with Gasteiger partial charge < -0.3 is 18.8 Å². The Morgan fingerprint density at radius 3 is 2.48 bits per heavy atom. The van der Waals surface area contributed by atoms with Crippen LogP contribution in [-0.2, 0) is 4.74 Å². The molecular weight excluding hydrogens is 396 g/mol. The summed E-state index contributed by atoms with van der Waals surface area (Å²) in [5.41, 5.74) is 1.55. The summed E-state index contributed by atoms with van der Waals surface area (Å²) < 4.78 is 16.7. The Kier molecular flexibility index (Phi) is 5.21. The van der Waals surface area contributed by atoms with E-state index in [1.54, 1.807) is 36.3 Å². The van der Waals surface area contributed by atoms with Gasteiger partial charge in [0.1, 0.15) is 11.3 Å². The maximum Gasteiger partial charge on any atom is 0.290 e. The van der Waals surface area contributed by atoms with Gasteiger partial charge in [0.15, 0.2) is 5.43 Å². The molecule has 0 bridgehead atoms. The van der Waals surface area contributed by atoms with Crippen LogP contribution in [-0.4, -0.2) is 62.2 Å². The summed E-state index contributed by atoms with van der Waals surface area (Å²) >= 11 is 0. The predicted octanol–water partition coefficient (Wildman–Crippen LogP) is 2.68. The normalized spacial score (nSPS) is 19.1. The molecule has 0 aliphatic carbocycles. The number of para-hydroxylation sites is 1. The minimum absolute atomic E-state index is 0.145. The third-order valence-electron chi connectivity index (χ3n) is 6.07. The molecule has 1 fully saturated rings. The molecule has 1 aromatic heterocycles. The Morgan fingerprint density at radius 2 is 1.74 bits per heavy atom. The Morgan fingerprint density at radius 1 is 1.00 bits per heavy atom. The summed E-state index contributed by atoms with van der Waals surface area (Å²) in [6.07, 6.45) is 0. The van der Waals surface area contributed by atoms with Crippen molar-refractivity contribution in [2.75, 3.05) is 46.5 Å². The van der Waals surface area contributed by atoms with Gasteiger partial charge in [-0.05, 0) is 29.8 Å². The Hall–Kier alpha value is -3.16. The second kappa shape index (κ2) is 8.17. The molecule has 7 heteroatoms. The van der Waals surface area contributed by atoms with E-state index in [1.165, 1.54) is 0 Å². The Labute approximate surface area is 179 Å². The molecule has 1 saturated heterocycles. The SMILES string of the molecule is COc1ccc([C@@H]2c3c(oc4ccccc4c3=O)C(=O)N2CCN2CCOCC2)cc1. The smallest absolute Gasteiger partial charge is 0.290 e. The highest BCUT2D eigenvalue weighted by Gasteiger charge is 2.42. The standard InChI is InChI=1S/C24H24N2O5/c1-29-17-8-6-16(7-9-17)21-20-22(27)18-4-2-3-5-19(18)31-23(20)24(28)26(21)11-10-25-12-14-30-15-13-25/h2-9,21H,10-15H2,1H3/t21-/m1/s1. The highest BCUT2D eigenvalue weighted by molar-refractivity contribution is 5.99. The fourth-order valence-corrected chi connectivity index (χ4v) is 4.40. The van der Waals surface area contributed by atoms with E-state index in [2.05, 4.69) is 4.90 Å². The third kappa shape index (κ3) is 3.49. The summed E-state index contributed by atoms with van der Waals surface area (Å²) in [6, 6.07) is 14.1. The number of hydrogen-bond donors (Lipinski definition) is 0. The first kappa shape index (κ1) is 19.8. The second-order valence-electron chi connectivity index (χ2n) is 7.80. The number of amides is 1. The largest absolute Gasteiger partial charge is 0.497 e. The summed E-state index contributed by atoms with van der Waals surface area (Å²) in [6.45, 7) is 4.27. The average molecular weight is 420 g/mol. The van der Waals surface area contributed by atoms with Gasteiger partial charge in [-0.3, -0.25) is 14.5 Å². The number of methoxy groups -OCH3 is 1. The quantitative estimate of drug-likeness (QED) is 0.632. The van der Waals surface area contributed by atoms with Gasteiger partial charge in [0.05, 0.1) is 37.3 Å². The van der Waals surface area contributed by atoms with Crippen LogP contribution in [0, 0.1) is 0 Å². The maximum atomic E-state index is 13.4. The minimum Gasteiger partial charge on any atom is -0.497 e. The molecule has 160 valence electrons. The number of carbonyl (C=O) groups is 1. The number of morpholine rings is 1. The molecule has 2 aliphatic heterocycles. The molecule has 2 aromatic carbocycles. The lowest BCUT2D eigenvalue weighted by Gasteiger charge is -2.31. The van der Waals surface area contributed by atoms with Crippen molar-refractivity contribution in [2.24, 2.45) is 0 Å². The van der Waals surface area contributed by atoms with Crippen molar-refractivity contribution in [3.05, 3.63) is 75.6 Å². The molecular formula is C24H24N2O5. The molecule has 3 heterocycles. The zero-order valence-corrected chi connectivity index (χ0v) is 17.4. The molecule has 1 atom stereocenters. The van der Waals surface area contributed by atoms with E-state index in [1.807, 2.05) is 24.3 Å². The number of hydrogen-bond acceptors (Lipinski definition) is 6. The van der Waals surface area contributed by atoms with Crippen LogP contribution in [0.4, 0.5) is 0 Å². The Balaban J connectivity index is 1.58. The van der Waals surface area contributed by atoms with Crippen LogP contribution >= 0.6 is 0 Å². The zero-order chi connectivity index (χ0) is 21.4. The Bertz CT molecular complexity index is 1160. The molecule has 0 saturated carbocycles. The molecule has 0 radical (unpaired) electrons. The fraction of sp³-hybridized carbons (Fsp3) is 0.333. The molecule has 2 aliphatic rings. The second-order valence-corrected chi connectivity index (χ2v) is 7.80. The van der Waals surface area contributed by atoms with Crippen LogP contribution < -0.4 is 10.2 Å². The molecule has 3 aromatic rings. The van der Waals surface area contributed by atoms with E-state index in [0.29, 0.717) is 42.8 Å². The van der Waals surface area contributed by atoms with Crippen LogP contribution in [0.25, 0.3) is 11.0 Å². The summed E-state index contributed by atoms with van der Waals surface area (Å²) in [7, 11) is 1.61. The molecule has 5 rings (SSSR count). The fourth-order valence-electron chi connectivity index (χ4n) is 4.40.